The van der Waals surface area contributed by atoms with Crippen molar-refractivity contribution in [1.29, 1.82) is 0 Å². The van der Waals surface area contributed by atoms with Crippen molar-refractivity contribution in [2.45, 2.75) is 0 Å². The minimum absolute atomic E-state index is 0.101. The minimum atomic E-state index is -3.98. The molecule has 0 aliphatic carbocycles. The van der Waals surface area contributed by atoms with Crippen LogP contribution < -0.4 is 4.74 Å². The van der Waals surface area contributed by atoms with Crippen molar-refractivity contribution in [3.63, 3.8) is 0 Å². The van der Waals surface area contributed by atoms with Gasteiger partial charge in [0.05, 0.1) is 0 Å². The highest BCUT2D eigenvalue weighted by Gasteiger charge is 2.33. The first kappa shape index (κ1) is 17.3. The molecule has 8 heteroatoms. The molecule has 0 atom stereocenters. The molecule has 0 aromatic heterocycles. The Morgan fingerprint density at radius 3 is 2.17 bits per heavy atom. The van der Waals surface area contributed by atoms with Crippen LogP contribution in [0.15, 0.2) is 42.5 Å². The lowest BCUT2D eigenvalue weighted by molar-refractivity contribution is 0.102. The van der Waals surface area contributed by atoms with Gasteiger partial charge < -0.3 is 13.8 Å². The van der Waals surface area contributed by atoms with Crippen LogP contribution in [0.1, 0.15) is 10.4 Å². The lowest BCUT2D eigenvalue weighted by atomic mass is 10.2. The van der Waals surface area contributed by atoms with Gasteiger partial charge in [-0.05, 0) is 42.5 Å². The molecule has 0 N–H and O–H groups in total. The predicted molar refractivity (Wildman–Crippen MR) is 78.8 cm³/mol. The van der Waals surface area contributed by atoms with E-state index in [1.807, 2.05) is 0 Å². The second-order valence-electron chi connectivity index (χ2n) is 4.37. The Morgan fingerprint density at radius 1 is 1.00 bits per heavy atom. The minimum Gasteiger partial charge on any atom is -0.454 e. The molecule has 0 bridgehead atoms. The number of halogens is 2. The summed E-state index contributed by atoms with van der Waals surface area (Å²) in [5, 5.41) is 0. The fourth-order valence-corrected chi connectivity index (χ4v) is 2.68. The van der Waals surface area contributed by atoms with Crippen molar-refractivity contribution in [3.8, 4) is 11.5 Å². The summed E-state index contributed by atoms with van der Waals surface area (Å²) in [5.74, 6) is -1.31. The average molecular weight is 342 g/mol. The van der Waals surface area contributed by atoms with Gasteiger partial charge in [-0.1, -0.05) is 0 Å². The van der Waals surface area contributed by atoms with Crippen molar-refractivity contribution >= 4 is 13.1 Å². The van der Waals surface area contributed by atoms with Gasteiger partial charge in [-0.25, -0.2) is 8.78 Å². The monoisotopic (exact) mass is 342 g/mol. The van der Waals surface area contributed by atoms with E-state index in [0.29, 0.717) is 0 Å². The molecule has 0 saturated carbocycles. The van der Waals surface area contributed by atoms with E-state index >= 15 is 0 Å². The number of carbonyl (C=O) groups is 1. The molecule has 0 radical (unpaired) electrons. The summed E-state index contributed by atoms with van der Waals surface area (Å²) >= 11 is 0. The van der Waals surface area contributed by atoms with Crippen LogP contribution >= 0.6 is 7.60 Å². The van der Waals surface area contributed by atoms with Crippen LogP contribution in [0.2, 0.25) is 0 Å². The molecule has 0 fully saturated rings. The Balaban J connectivity index is 2.34. The number of hydrogen-bond acceptors (Lipinski definition) is 5. The van der Waals surface area contributed by atoms with E-state index in [9.17, 15) is 18.1 Å². The van der Waals surface area contributed by atoms with Gasteiger partial charge in [-0.15, -0.1) is 0 Å². The lowest BCUT2D eigenvalue weighted by Crippen LogP contribution is -2.05. The van der Waals surface area contributed by atoms with Gasteiger partial charge in [-0.3, -0.25) is 9.36 Å². The van der Waals surface area contributed by atoms with Crippen molar-refractivity contribution in [3.05, 3.63) is 59.7 Å². The SMILES string of the molecule is COP(=O)(OC)C(=O)c1ccc(F)c(Oc2ccc(F)cc2)c1. The zero-order valence-electron chi connectivity index (χ0n) is 12.3. The van der Waals surface area contributed by atoms with Gasteiger partial charge in [0.15, 0.2) is 11.6 Å². The highest BCUT2D eigenvalue weighted by Crippen LogP contribution is 2.49. The molecule has 2 aromatic carbocycles. The molecule has 0 aliphatic heterocycles. The Kier molecular flexibility index (Phi) is 5.26. The summed E-state index contributed by atoms with van der Waals surface area (Å²) in [6.07, 6.45) is 0. The molecular weight excluding hydrogens is 329 g/mol. The summed E-state index contributed by atoms with van der Waals surface area (Å²) < 4.78 is 53.2. The molecule has 0 saturated heterocycles. The van der Waals surface area contributed by atoms with Crippen molar-refractivity contribution in [1.82, 2.24) is 0 Å². The van der Waals surface area contributed by atoms with Gasteiger partial charge in [-0.2, -0.15) is 0 Å². The molecule has 2 aromatic rings. The number of benzene rings is 2. The fraction of sp³-hybridized carbons (Fsp3) is 0.133. The van der Waals surface area contributed by atoms with Crippen LogP contribution in [-0.4, -0.2) is 19.7 Å². The summed E-state index contributed by atoms with van der Waals surface area (Å²) in [4.78, 5) is 12.1. The molecule has 2 rings (SSSR count). The topological polar surface area (TPSA) is 61.8 Å². The first-order valence-corrected chi connectivity index (χ1v) is 7.93. The van der Waals surface area contributed by atoms with Crippen molar-refractivity contribution in [2.24, 2.45) is 0 Å². The zero-order chi connectivity index (χ0) is 17.0. The third kappa shape index (κ3) is 3.82. The Hall–Kier alpha value is -2.08. The molecule has 5 nitrogen and oxygen atoms in total. The number of rotatable bonds is 6. The summed E-state index contributed by atoms with van der Waals surface area (Å²) in [7, 11) is -1.84. The van der Waals surface area contributed by atoms with Crippen molar-refractivity contribution < 1.29 is 31.9 Å². The molecule has 0 heterocycles. The van der Waals surface area contributed by atoms with E-state index in [-0.39, 0.29) is 17.1 Å². The van der Waals surface area contributed by atoms with Crippen LogP contribution in [-0.2, 0) is 13.6 Å². The van der Waals surface area contributed by atoms with Gasteiger partial charge in [0.2, 0.25) is 0 Å². The maximum absolute atomic E-state index is 13.8. The quantitative estimate of drug-likeness (QED) is 0.729. The van der Waals surface area contributed by atoms with Gasteiger partial charge >= 0.3 is 7.60 Å². The first-order valence-electron chi connectivity index (χ1n) is 6.39. The van der Waals surface area contributed by atoms with Crippen molar-refractivity contribution in [2.75, 3.05) is 14.2 Å². The van der Waals surface area contributed by atoms with E-state index in [4.69, 9.17) is 4.74 Å². The Bertz CT molecular complexity index is 753. The maximum Gasteiger partial charge on any atom is 0.401 e. The van der Waals surface area contributed by atoms with Gasteiger partial charge in [0.1, 0.15) is 11.6 Å². The predicted octanol–water partition coefficient (Wildman–Crippen LogP) is 4.38. The lowest BCUT2D eigenvalue weighted by Gasteiger charge is -2.13. The summed E-state index contributed by atoms with van der Waals surface area (Å²) in [5.41, 5.74) is -1.03. The number of ether oxygens (including phenoxy) is 1. The third-order valence-electron chi connectivity index (χ3n) is 2.95. The maximum atomic E-state index is 13.8. The third-order valence-corrected chi connectivity index (χ3v) is 4.67. The van der Waals surface area contributed by atoms with Crippen LogP contribution in [0.25, 0.3) is 0 Å². The zero-order valence-corrected chi connectivity index (χ0v) is 13.2. The van der Waals surface area contributed by atoms with Gasteiger partial charge in [0, 0.05) is 19.8 Å². The molecule has 122 valence electrons. The van der Waals surface area contributed by atoms with Crippen LogP contribution in [0.3, 0.4) is 0 Å². The van der Waals surface area contributed by atoms with E-state index in [1.54, 1.807) is 0 Å². The van der Waals surface area contributed by atoms with Crippen LogP contribution in [0.5, 0.6) is 11.5 Å². The number of carbonyl (C=O) groups excluding carboxylic acids is 1. The second kappa shape index (κ2) is 7.00. The normalized spacial score (nSPS) is 11.3. The van der Waals surface area contributed by atoms with Crippen LogP contribution in [0, 0.1) is 11.6 Å². The molecule has 0 amide bonds. The van der Waals surface area contributed by atoms with E-state index in [2.05, 4.69) is 9.05 Å². The molecule has 0 aliphatic rings. The first-order chi connectivity index (χ1) is 10.9. The standard InChI is InChI=1S/C15H13F2O5P/c1-20-23(19,21-2)15(18)10-3-8-13(17)14(9-10)22-12-6-4-11(16)5-7-12/h3-9H,1-2H3. The molecule has 23 heavy (non-hydrogen) atoms. The second-order valence-corrected chi connectivity index (χ2v) is 6.50. The largest absolute Gasteiger partial charge is 0.454 e. The Labute approximate surface area is 131 Å². The van der Waals surface area contributed by atoms with E-state index < -0.39 is 24.8 Å². The summed E-state index contributed by atoms with van der Waals surface area (Å²) in [6, 6.07) is 8.10. The Morgan fingerprint density at radius 2 is 1.61 bits per heavy atom. The highest BCUT2D eigenvalue weighted by molar-refractivity contribution is 7.72. The summed E-state index contributed by atoms with van der Waals surface area (Å²) in [6.45, 7) is 0. The molecular formula is C15H13F2O5P. The van der Waals surface area contributed by atoms with Gasteiger partial charge in [0.25, 0.3) is 5.52 Å². The highest BCUT2D eigenvalue weighted by atomic mass is 31.2. The average Bonchev–Trinajstić information content (AvgIpc) is 2.57. The smallest absolute Gasteiger partial charge is 0.401 e. The number of hydrogen-bond donors (Lipinski definition) is 0. The molecule has 0 unspecified atom stereocenters. The molecule has 0 spiro atoms. The van der Waals surface area contributed by atoms with E-state index in [0.717, 1.165) is 44.6 Å². The van der Waals surface area contributed by atoms with E-state index in [1.165, 1.54) is 12.1 Å². The fourth-order valence-electron chi connectivity index (χ4n) is 1.74. The van der Waals surface area contributed by atoms with Crippen LogP contribution in [0.4, 0.5) is 8.78 Å².